The summed E-state index contributed by atoms with van der Waals surface area (Å²) in [6.45, 7) is 10.5. The number of aryl methyl sites for hydroxylation is 1. The average Bonchev–Trinajstić information content (AvgIpc) is 3.30. The molecule has 0 bridgehead atoms. The van der Waals surface area contributed by atoms with Crippen molar-refractivity contribution >= 4 is 56.6 Å². The molecular formula is C53H55N3O2S. The summed E-state index contributed by atoms with van der Waals surface area (Å²) in [5.74, 6) is 3.08. The molecule has 0 spiro atoms. The van der Waals surface area contributed by atoms with Gasteiger partial charge in [0, 0.05) is 37.6 Å². The molecule has 7 aromatic carbocycles. The maximum atomic E-state index is 10.3. The maximum Gasteiger partial charge on any atom is 0.130 e. The predicted molar refractivity (Wildman–Crippen MR) is 255 cm³/mol. The van der Waals surface area contributed by atoms with Crippen LogP contribution in [0.4, 0.5) is 11.4 Å². The van der Waals surface area contributed by atoms with Crippen LogP contribution in [0.25, 0.3) is 21.5 Å². The van der Waals surface area contributed by atoms with E-state index in [1.165, 1.54) is 47.8 Å². The van der Waals surface area contributed by atoms with Crippen LogP contribution in [-0.4, -0.2) is 42.3 Å². The van der Waals surface area contributed by atoms with Crippen molar-refractivity contribution in [1.82, 2.24) is 0 Å². The Morgan fingerprint density at radius 1 is 0.729 bits per heavy atom. The van der Waals surface area contributed by atoms with E-state index in [0.29, 0.717) is 0 Å². The van der Waals surface area contributed by atoms with E-state index in [1.807, 2.05) is 118 Å². The fourth-order valence-corrected chi connectivity index (χ4v) is 7.86. The van der Waals surface area contributed by atoms with Gasteiger partial charge in [-0.3, -0.25) is 9.98 Å². The topological polar surface area (TPSA) is 68.4 Å². The summed E-state index contributed by atoms with van der Waals surface area (Å²) in [5, 5.41) is 24.7. The SMILES string of the molecule is C#Cc1ccc(C=Nc2ccccc2N2CCCCC2)cc1.CC.CCc1ccccc1C(C)=NC.Oc1cc2ccccc2cc1Sc1c(O)ccc2ccccc12. The Bertz CT molecular complexity index is 2530. The molecule has 5 nitrogen and oxygen atoms in total. The molecule has 2 N–H and O–H groups in total. The van der Waals surface area contributed by atoms with E-state index in [9.17, 15) is 10.2 Å². The number of rotatable bonds is 7. The number of phenolic OH excluding ortho intramolecular Hbond substituents is 2. The lowest BCUT2D eigenvalue weighted by Gasteiger charge is -2.29. The summed E-state index contributed by atoms with van der Waals surface area (Å²) >= 11 is 1.39. The van der Waals surface area contributed by atoms with Crippen LogP contribution in [0.15, 0.2) is 165 Å². The van der Waals surface area contributed by atoms with Crippen molar-refractivity contribution in [3.63, 3.8) is 0 Å². The second-order valence-electron chi connectivity index (χ2n) is 13.8. The number of anilines is 1. The smallest absolute Gasteiger partial charge is 0.130 e. The van der Waals surface area contributed by atoms with Crippen molar-refractivity contribution in [1.29, 1.82) is 0 Å². The van der Waals surface area contributed by atoms with Gasteiger partial charge in [0.1, 0.15) is 11.5 Å². The Balaban J connectivity index is 0.000000173. The predicted octanol–water partition coefficient (Wildman–Crippen LogP) is 13.7. The number of hydrogen-bond acceptors (Lipinski definition) is 6. The van der Waals surface area contributed by atoms with Gasteiger partial charge in [0.2, 0.25) is 0 Å². The highest BCUT2D eigenvalue weighted by Gasteiger charge is 2.14. The molecule has 1 heterocycles. The maximum absolute atomic E-state index is 10.3. The van der Waals surface area contributed by atoms with Crippen LogP contribution in [0.1, 0.15) is 69.2 Å². The molecule has 0 aliphatic carbocycles. The van der Waals surface area contributed by atoms with Crippen LogP contribution in [0, 0.1) is 12.3 Å². The first-order valence-corrected chi connectivity index (χ1v) is 21.3. The molecular weight excluding hydrogens is 743 g/mol. The quantitative estimate of drug-likeness (QED) is 0.124. The van der Waals surface area contributed by atoms with Gasteiger partial charge in [-0.2, -0.15) is 0 Å². The Kier molecular flexibility index (Phi) is 16.8. The van der Waals surface area contributed by atoms with E-state index in [0.717, 1.165) is 73.4 Å². The van der Waals surface area contributed by atoms with Crippen LogP contribution in [0.3, 0.4) is 0 Å². The molecule has 0 atom stereocenters. The van der Waals surface area contributed by atoms with Crippen LogP contribution < -0.4 is 4.90 Å². The zero-order valence-corrected chi connectivity index (χ0v) is 35.7. The number of nitrogens with zero attached hydrogens (tertiary/aromatic N) is 3. The van der Waals surface area contributed by atoms with Gasteiger partial charge in [0.25, 0.3) is 0 Å². The molecule has 0 aromatic heterocycles. The van der Waals surface area contributed by atoms with Crippen molar-refractivity contribution in [2.45, 2.75) is 63.2 Å². The van der Waals surface area contributed by atoms with Gasteiger partial charge < -0.3 is 15.1 Å². The summed E-state index contributed by atoms with van der Waals surface area (Å²) in [4.78, 5) is 12.8. The minimum Gasteiger partial charge on any atom is -0.507 e. The van der Waals surface area contributed by atoms with E-state index in [4.69, 9.17) is 6.42 Å². The number of piperidine rings is 1. The Morgan fingerprint density at radius 2 is 1.36 bits per heavy atom. The molecule has 0 saturated carbocycles. The summed E-state index contributed by atoms with van der Waals surface area (Å²) in [5.41, 5.74) is 8.00. The minimum atomic E-state index is 0.223. The number of hydrogen-bond donors (Lipinski definition) is 2. The van der Waals surface area contributed by atoms with Gasteiger partial charge in [-0.25, -0.2) is 0 Å². The van der Waals surface area contributed by atoms with Crippen LogP contribution in [-0.2, 0) is 6.42 Å². The van der Waals surface area contributed by atoms with Crippen molar-refractivity contribution in [3.8, 4) is 23.8 Å². The second-order valence-corrected chi connectivity index (χ2v) is 14.8. The zero-order chi connectivity index (χ0) is 42.0. The molecule has 7 aromatic rings. The zero-order valence-electron chi connectivity index (χ0n) is 34.9. The summed E-state index contributed by atoms with van der Waals surface area (Å²) in [7, 11) is 1.84. The number of benzene rings is 7. The van der Waals surface area contributed by atoms with Gasteiger partial charge >= 0.3 is 0 Å². The number of fused-ring (bicyclic) bond motifs is 2. The lowest BCUT2D eigenvalue weighted by atomic mass is 10.0. The van der Waals surface area contributed by atoms with E-state index in [1.54, 1.807) is 12.1 Å². The first-order chi connectivity index (χ1) is 28.9. The third-order valence-corrected chi connectivity index (χ3v) is 11.2. The fraction of sp³-hybridized carbons (Fsp3) is 0.208. The van der Waals surface area contributed by atoms with Crippen molar-refractivity contribution < 1.29 is 10.2 Å². The lowest BCUT2D eigenvalue weighted by Crippen LogP contribution is -2.29. The highest BCUT2D eigenvalue weighted by Crippen LogP contribution is 2.44. The second kappa shape index (κ2) is 22.6. The fourth-order valence-electron chi connectivity index (χ4n) is 6.82. The van der Waals surface area contributed by atoms with Crippen molar-refractivity contribution in [2.75, 3.05) is 25.0 Å². The molecule has 0 amide bonds. The molecule has 59 heavy (non-hydrogen) atoms. The molecule has 300 valence electrons. The van der Waals surface area contributed by atoms with E-state index < -0.39 is 0 Å². The standard InChI is InChI=1S/C20H20N2.C20H14O2S.C11H15N.C2H6/c1-2-17-10-12-18(13-11-17)16-21-19-8-4-5-9-20(19)22-14-6-3-7-15-22;21-17-10-9-13-5-3-4-8-16(13)20(17)23-19-12-15-7-2-1-6-14(15)11-18(19)22;1-4-10-7-5-6-8-11(10)9(2)12-3;1-2/h1,4-5,8-13,16H,3,6-7,14-15H2;1-12,21-22H;5-8H,4H2,1-3H3;1-2H3. The Labute approximate surface area is 355 Å². The highest BCUT2D eigenvalue weighted by molar-refractivity contribution is 7.99. The molecule has 1 aliphatic heterocycles. The van der Waals surface area contributed by atoms with Crippen molar-refractivity contribution in [3.05, 3.63) is 168 Å². The minimum absolute atomic E-state index is 0.223. The molecule has 1 aliphatic rings. The van der Waals surface area contributed by atoms with Gasteiger partial charge in [-0.15, -0.1) is 6.42 Å². The molecule has 8 rings (SSSR count). The molecule has 1 fully saturated rings. The Morgan fingerprint density at radius 3 is 2.05 bits per heavy atom. The van der Waals surface area contributed by atoms with E-state index in [-0.39, 0.29) is 11.5 Å². The number of phenols is 2. The number of terminal acetylenes is 1. The van der Waals surface area contributed by atoms with E-state index in [2.05, 4.69) is 77.1 Å². The summed E-state index contributed by atoms with van der Waals surface area (Å²) in [6.07, 6.45) is 12.2. The molecule has 0 unspecified atom stereocenters. The first kappa shape index (κ1) is 43.8. The van der Waals surface area contributed by atoms with Crippen molar-refractivity contribution in [2.24, 2.45) is 9.98 Å². The lowest BCUT2D eigenvalue weighted by molar-refractivity contribution is 0.461. The number of aliphatic imine (C=N–C) groups is 2. The largest absolute Gasteiger partial charge is 0.507 e. The number of para-hydroxylation sites is 2. The molecule has 1 saturated heterocycles. The highest BCUT2D eigenvalue weighted by atomic mass is 32.2. The van der Waals surface area contributed by atoms with Gasteiger partial charge in [0.05, 0.1) is 21.2 Å². The monoisotopic (exact) mass is 797 g/mol. The van der Waals surface area contributed by atoms with Gasteiger partial charge in [-0.05, 0) is 113 Å². The van der Waals surface area contributed by atoms with Gasteiger partial charge in [0.15, 0.2) is 0 Å². The third kappa shape index (κ3) is 11.9. The normalized spacial score (nSPS) is 12.4. The van der Waals surface area contributed by atoms with Crippen LogP contribution >= 0.6 is 11.8 Å². The van der Waals surface area contributed by atoms with Gasteiger partial charge in [-0.1, -0.05) is 142 Å². The van der Waals surface area contributed by atoms with Crippen LogP contribution in [0.2, 0.25) is 0 Å². The van der Waals surface area contributed by atoms with Crippen LogP contribution in [0.5, 0.6) is 11.5 Å². The Hall–Kier alpha value is -6.29. The summed E-state index contributed by atoms with van der Waals surface area (Å²) in [6, 6.07) is 47.8. The molecule has 6 heteroatoms. The summed E-state index contributed by atoms with van der Waals surface area (Å²) < 4.78 is 0. The van der Waals surface area contributed by atoms with E-state index >= 15 is 0 Å². The molecule has 0 radical (unpaired) electrons. The number of aromatic hydroxyl groups is 2. The first-order valence-electron chi connectivity index (χ1n) is 20.4. The average molecular weight is 798 g/mol. The third-order valence-electron chi connectivity index (χ3n) is 10.0.